The molecule has 19 heavy (non-hydrogen) atoms. The van der Waals surface area contributed by atoms with E-state index in [0.29, 0.717) is 4.90 Å². The van der Waals surface area contributed by atoms with E-state index >= 15 is 0 Å². The van der Waals surface area contributed by atoms with Crippen molar-refractivity contribution in [2.75, 3.05) is 11.1 Å². The van der Waals surface area contributed by atoms with E-state index in [1.165, 1.54) is 11.8 Å². The molecule has 1 aromatic heterocycles. The molecule has 0 unspecified atom stereocenters. The normalized spacial score (nSPS) is 10.4. The van der Waals surface area contributed by atoms with Crippen molar-refractivity contribution < 1.29 is 9.90 Å². The molecule has 1 amide bonds. The third-order valence-electron chi connectivity index (χ3n) is 2.62. The van der Waals surface area contributed by atoms with Crippen molar-refractivity contribution in [3.63, 3.8) is 0 Å². The Hall–Kier alpha value is -1.95. The zero-order valence-electron chi connectivity index (χ0n) is 10.7. The van der Waals surface area contributed by atoms with Crippen LogP contribution in [0.1, 0.15) is 11.4 Å². The van der Waals surface area contributed by atoms with Gasteiger partial charge in [0.15, 0.2) is 0 Å². The van der Waals surface area contributed by atoms with Gasteiger partial charge in [0.25, 0.3) is 0 Å². The molecular weight excluding hydrogens is 262 g/mol. The minimum Gasteiger partial charge on any atom is -0.507 e. The van der Waals surface area contributed by atoms with Crippen molar-refractivity contribution in [1.29, 1.82) is 0 Å². The molecule has 1 heterocycles. The monoisotopic (exact) mass is 277 g/mol. The van der Waals surface area contributed by atoms with Crippen molar-refractivity contribution in [1.82, 2.24) is 10.2 Å². The number of hydrogen-bond donors (Lipinski definition) is 3. The van der Waals surface area contributed by atoms with Crippen molar-refractivity contribution in [3.8, 4) is 5.75 Å². The van der Waals surface area contributed by atoms with Gasteiger partial charge in [-0.3, -0.25) is 9.89 Å². The number of aromatic nitrogens is 2. The van der Waals surface area contributed by atoms with E-state index in [-0.39, 0.29) is 17.4 Å². The maximum atomic E-state index is 11.8. The van der Waals surface area contributed by atoms with Gasteiger partial charge in [0.05, 0.1) is 22.8 Å². The molecule has 0 aliphatic carbocycles. The Kier molecular flexibility index (Phi) is 4.11. The maximum Gasteiger partial charge on any atom is 0.234 e. The SMILES string of the molecule is Cc1n[nH]c(C)c1NC(=O)CSc1ccccc1O. The molecular formula is C13H15N3O2S. The molecule has 0 saturated carbocycles. The molecule has 2 rings (SSSR count). The van der Waals surface area contributed by atoms with Gasteiger partial charge in [0, 0.05) is 4.90 Å². The number of H-pyrrole nitrogens is 1. The molecule has 0 fully saturated rings. The average molecular weight is 277 g/mol. The van der Waals surface area contributed by atoms with Gasteiger partial charge in [0.2, 0.25) is 5.91 Å². The number of phenols is 1. The summed E-state index contributed by atoms with van der Waals surface area (Å²) >= 11 is 1.30. The quantitative estimate of drug-likeness (QED) is 0.750. The number of carbonyl (C=O) groups excluding carboxylic acids is 1. The van der Waals surface area contributed by atoms with Crippen molar-refractivity contribution in [2.24, 2.45) is 0 Å². The smallest absolute Gasteiger partial charge is 0.234 e. The van der Waals surface area contributed by atoms with Crippen molar-refractivity contribution >= 4 is 23.4 Å². The molecule has 0 bridgehead atoms. The van der Waals surface area contributed by atoms with E-state index in [1.54, 1.807) is 18.2 Å². The summed E-state index contributed by atoms with van der Waals surface area (Å²) in [6.45, 7) is 3.68. The van der Waals surface area contributed by atoms with Crippen molar-refractivity contribution in [3.05, 3.63) is 35.7 Å². The van der Waals surface area contributed by atoms with E-state index in [0.717, 1.165) is 17.1 Å². The molecule has 6 heteroatoms. The molecule has 5 nitrogen and oxygen atoms in total. The number of anilines is 1. The van der Waals surface area contributed by atoms with Crippen LogP contribution in [-0.2, 0) is 4.79 Å². The second kappa shape index (κ2) is 5.79. The predicted octanol–water partition coefficient (Wildman–Crippen LogP) is 2.46. The third kappa shape index (κ3) is 3.29. The molecule has 0 radical (unpaired) electrons. The first-order valence-corrected chi connectivity index (χ1v) is 6.78. The fourth-order valence-corrected chi connectivity index (χ4v) is 2.38. The van der Waals surface area contributed by atoms with Gasteiger partial charge in [-0.15, -0.1) is 11.8 Å². The summed E-state index contributed by atoms with van der Waals surface area (Å²) in [5.74, 6) is 0.304. The lowest BCUT2D eigenvalue weighted by Crippen LogP contribution is -2.15. The molecule has 0 atom stereocenters. The number of nitrogens with zero attached hydrogens (tertiary/aromatic N) is 1. The summed E-state index contributed by atoms with van der Waals surface area (Å²) in [4.78, 5) is 12.5. The minimum atomic E-state index is -0.124. The summed E-state index contributed by atoms with van der Waals surface area (Å²) < 4.78 is 0. The van der Waals surface area contributed by atoms with Gasteiger partial charge < -0.3 is 10.4 Å². The molecule has 0 saturated heterocycles. The Bertz CT molecular complexity index is 576. The molecule has 1 aromatic carbocycles. The van der Waals surface area contributed by atoms with Crippen LogP contribution in [-0.4, -0.2) is 27.0 Å². The number of aryl methyl sites for hydroxylation is 2. The van der Waals surface area contributed by atoms with E-state index < -0.39 is 0 Å². The number of thioether (sulfide) groups is 1. The van der Waals surface area contributed by atoms with Gasteiger partial charge in [-0.2, -0.15) is 5.10 Å². The first kappa shape index (κ1) is 13.5. The largest absolute Gasteiger partial charge is 0.507 e. The Morgan fingerprint density at radius 3 is 2.79 bits per heavy atom. The lowest BCUT2D eigenvalue weighted by Gasteiger charge is -2.06. The number of benzene rings is 1. The lowest BCUT2D eigenvalue weighted by molar-refractivity contribution is -0.113. The highest BCUT2D eigenvalue weighted by molar-refractivity contribution is 8.00. The van der Waals surface area contributed by atoms with Crippen LogP contribution >= 0.6 is 11.8 Å². The first-order chi connectivity index (χ1) is 9.08. The Labute approximate surface area is 115 Å². The zero-order valence-corrected chi connectivity index (χ0v) is 11.5. The van der Waals surface area contributed by atoms with E-state index in [4.69, 9.17) is 0 Å². The molecule has 0 aliphatic rings. The van der Waals surface area contributed by atoms with E-state index in [1.807, 2.05) is 19.9 Å². The zero-order chi connectivity index (χ0) is 13.8. The van der Waals surface area contributed by atoms with Gasteiger partial charge in [-0.1, -0.05) is 12.1 Å². The Morgan fingerprint density at radius 2 is 2.16 bits per heavy atom. The van der Waals surface area contributed by atoms with Crippen LogP contribution in [0.4, 0.5) is 5.69 Å². The standard InChI is InChI=1S/C13H15N3O2S/c1-8-13(9(2)16-15-8)14-12(18)7-19-11-6-4-3-5-10(11)17/h3-6,17H,7H2,1-2H3,(H,14,18)(H,15,16). The summed E-state index contributed by atoms with van der Waals surface area (Å²) in [5.41, 5.74) is 2.32. The lowest BCUT2D eigenvalue weighted by atomic mass is 10.3. The third-order valence-corrected chi connectivity index (χ3v) is 3.68. The van der Waals surface area contributed by atoms with E-state index in [9.17, 15) is 9.90 Å². The van der Waals surface area contributed by atoms with Crippen LogP contribution in [0.5, 0.6) is 5.75 Å². The van der Waals surface area contributed by atoms with Crippen LogP contribution in [0.3, 0.4) is 0 Å². The van der Waals surface area contributed by atoms with Crippen LogP contribution in [0.25, 0.3) is 0 Å². The summed E-state index contributed by atoms with van der Waals surface area (Å²) in [6.07, 6.45) is 0. The summed E-state index contributed by atoms with van der Waals surface area (Å²) in [6, 6.07) is 6.95. The molecule has 2 aromatic rings. The highest BCUT2D eigenvalue weighted by Crippen LogP contribution is 2.27. The number of amides is 1. The number of aromatic amines is 1. The second-order valence-corrected chi connectivity index (χ2v) is 5.13. The number of rotatable bonds is 4. The molecule has 0 aliphatic heterocycles. The van der Waals surface area contributed by atoms with Crippen LogP contribution in [0.15, 0.2) is 29.2 Å². The Balaban J connectivity index is 1.94. The molecule has 3 N–H and O–H groups in total. The predicted molar refractivity (Wildman–Crippen MR) is 75.5 cm³/mol. The summed E-state index contributed by atoms with van der Waals surface area (Å²) in [5, 5.41) is 19.2. The second-order valence-electron chi connectivity index (χ2n) is 4.11. The molecule has 0 spiro atoms. The van der Waals surface area contributed by atoms with Crippen LogP contribution < -0.4 is 5.32 Å². The fourth-order valence-electron chi connectivity index (χ4n) is 1.63. The number of aromatic hydroxyl groups is 1. The first-order valence-electron chi connectivity index (χ1n) is 5.80. The highest BCUT2D eigenvalue weighted by Gasteiger charge is 2.11. The minimum absolute atomic E-state index is 0.124. The number of hydrogen-bond acceptors (Lipinski definition) is 4. The van der Waals surface area contributed by atoms with E-state index in [2.05, 4.69) is 15.5 Å². The van der Waals surface area contributed by atoms with Gasteiger partial charge in [-0.05, 0) is 26.0 Å². The maximum absolute atomic E-state index is 11.8. The number of carbonyl (C=O) groups is 1. The van der Waals surface area contributed by atoms with Gasteiger partial charge in [0.1, 0.15) is 5.75 Å². The van der Waals surface area contributed by atoms with Crippen molar-refractivity contribution in [2.45, 2.75) is 18.7 Å². The fraction of sp³-hybridized carbons (Fsp3) is 0.231. The number of para-hydroxylation sites is 1. The summed E-state index contributed by atoms with van der Waals surface area (Å²) in [7, 11) is 0. The van der Waals surface area contributed by atoms with Crippen LogP contribution in [0, 0.1) is 13.8 Å². The number of phenolic OH excluding ortho intramolecular Hbond substituents is 1. The van der Waals surface area contributed by atoms with Gasteiger partial charge >= 0.3 is 0 Å². The highest BCUT2D eigenvalue weighted by atomic mass is 32.2. The van der Waals surface area contributed by atoms with Crippen LogP contribution in [0.2, 0.25) is 0 Å². The van der Waals surface area contributed by atoms with Gasteiger partial charge in [-0.25, -0.2) is 0 Å². The average Bonchev–Trinajstić information content (AvgIpc) is 2.70. The Morgan fingerprint density at radius 1 is 1.42 bits per heavy atom. The topological polar surface area (TPSA) is 78.0 Å². The molecule has 100 valence electrons. The number of nitrogens with one attached hydrogen (secondary N) is 2.